The van der Waals surface area contributed by atoms with E-state index < -0.39 is 0 Å². The van der Waals surface area contributed by atoms with Crippen LogP contribution in [-0.4, -0.2) is 16.8 Å². The first kappa shape index (κ1) is 20.3. The maximum absolute atomic E-state index is 13.3. The minimum atomic E-state index is -0.259. The largest absolute Gasteiger partial charge is 0.466 e. The number of nitrogens with one attached hydrogen (secondary N) is 2. The molecule has 0 saturated carbocycles. The average molecular weight is 424 g/mol. The van der Waals surface area contributed by atoms with Crippen molar-refractivity contribution in [1.29, 1.82) is 0 Å². The van der Waals surface area contributed by atoms with Crippen molar-refractivity contribution in [3.8, 4) is 0 Å². The molecule has 1 aliphatic carbocycles. The molecule has 156 valence electrons. The third-order valence-corrected chi connectivity index (χ3v) is 6.65. The molecule has 6 nitrogen and oxygen atoms in total. The molecule has 3 heterocycles. The van der Waals surface area contributed by atoms with Crippen molar-refractivity contribution in [2.75, 3.05) is 5.32 Å². The Balaban J connectivity index is 1.62. The molecule has 3 aromatic rings. The topological polar surface area (TPSA) is 84.2 Å². The Morgan fingerprint density at radius 2 is 2.00 bits per heavy atom. The number of rotatable bonds is 5. The predicted molar refractivity (Wildman–Crippen MR) is 117 cm³/mol. The summed E-state index contributed by atoms with van der Waals surface area (Å²) in [6.07, 6.45) is 7.10. The molecular formula is C23H25N3O3S. The zero-order valence-corrected chi connectivity index (χ0v) is 18.2. The molecule has 7 heteroatoms. The van der Waals surface area contributed by atoms with Crippen LogP contribution >= 0.6 is 11.3 Å². The summed E-state index contributed by atoms with van der Waals surface area (Å²) in [5.41, 5.74) is 3.09. The second-order valence-corrected chi connectivity index (χ2v) is 8.78. The molecule has 1 atom stereocenters. The Morgan fingerprint density at radius 3 is 2.70 bits per heavy atom. The fourth-order valence-electron chi connectivity index (χ4n) is 3.99. The molecule has 30 heavy (non-hydrogen) atoms. The van der Waals surface area contributed by atoms with Gasteiger partial charge < -0.3 is 15.1 Å². The molecule has 2 N–H and O–H groups in total. The Bertz CT molecular complexity index is 1080. The Labute approximate surface area is 179 Å². The lowest BCUT2D eigenvalue weighted by atomic mass is 9.95. The van der Waals surface area contributed by atoms with Crippen LogP contribution in [0.3, 0.4) is 0 Å². The second-order valence-electron chi connectivity index (χ2n) is 7.67. The van der Waals surface area contributed by atoms with E-state index in [0.29, 0.717) is 16.1 Å². The summed E-state index contributed by atoms with van der Waals surface area (Å²) in [5, 5.41) is 6.67. The molecule has 1 aliphatic rings. The first-order valence-electron chi connectivity index (χ1n) is 10.2. The highest BCUT2D eigenvalue weighted by atomic mass is 32.1. The summed E-state index contributed by atoms with van der Waals surface area (Å²) >= 11 is 1.51. The van der Waals surface area contributed by atoms with Gasteiger partial charge in [-0.25, -0.2) is 0 Å². The number of carbonyl (C=O) groups excluding carboxylic acids is 2. The van der Waals surface area contributed by atoms with E-state index in [-0.39, 0.29) is 17.9 Å². The van der Waals surface area contributed by atoms with Crippen LogP contribution in [0.5, 0.6) is 0 Å². The molecule has 0 aliphatic heterocycles. The lowest BCUT2D eigenvalue weighted by Crippen LogP contribution is -2.28. The van der Waals surface area contributed by atoms with E-state index in [4.69, 9.17) is 4.42 Å². The summed E-state index contributed by atoms with van der Waals surface area (Å²) < 4.78 is 5.61. The highest BCUT2D eigenvalue weighted by molar-refractivity contribution is 7.17. The fraction of sp³-hybridized carbons (Fsp3) is 0.348. The number of pyridine rings is 1. The monoisotopic (exact) mass is 423 g/mol. The van der Waals surface area contributed by atoms with Crippen molar-refractivity contribution < 1.29 is 14.0 Å². The van der Waals surface area contributed by atoms with Crippen molar-refractivity contribution in [1.82, 2.24) is 10.3 Å². The Kier molecular flexibility index (Phi) is 5.72. The third kappa shape index (κ3) is 4.03. The van der Waals surface area contributed by atoms with Crippen molar-refractivity contribution in [3.63, 3.8) is 0 Å². The molecule has 4 rings (SSSR count). The summed E-state index contributed by atoms with van der Waals surface area (Å²) in [6.45, 7) is 5.74. The summed E-state index contributed by atoms with van der Waals surface area (Å²) in [7, 11) is 0. The maximum Gasteiger partial charge on any atom is 0.257 e. The number of hydrogen-bond acceptors (Lipinski definition) is 5. The highest BCUT2D eigenvalue weighted by Gasteiger charge is 2.28. The fourth-order valence-corrected chi connectivity index (χ4v) is 5.28. The predicted octanol–water partition coefficient (Wildman–Crippen LogP) is 4.98. The Hall–Kier alpha value is -2.93. The minimum absolute atomic E-state index is 0.165. The highest BCUT2D eigenvalue weighted by Crippen LogP contribution is 2.38. The quantitative estimate of drug-likeness (QED) is 0.606. The SMILES string of the molecule is Cc1cc(C(C)NC(=O)c2c(NC(=O)c3cccnc3)sc3c2CCCC3)c(C)o1. The number of hydrogen-bond donors (Lipinski definition) is 2. The zero-order valence-electron chi connectivity index (χ0n) is 17.4. The number of fused-ring (bicyclic) bond motifs is 1. The van der Waals surface area contributed by atoms with Gasteiger partial charge in [0.25, 0.3) is 11.8 Å². The van der Waals surface area contributed by atoms with Crippen LogP contribution in [0.2, 0.25) is 0 Å². The number of anilines is 1. The van der Waals surface area contributed by atoms with Gasteiger partial charge in [0.05, 0.1) is 17.2 Å². The second kappa shape index (κ2) is 8.44. The number of furan rings is 1. The third-order valence-electron chi connectivity index (χ3n) is 5.44. The average Bonchev–Trinajstić information content (AvgIpc) is 3.27. The van der Waals surface area contributed by atoms with Gasteiger partial charge in [-0.1, -0.05) is 0 Å². The molecule has 2 amide bonds. The molecule has 1 unspecified atom stereocenters. The van der Waals surface area contributed by atoms with E-state index in [2.05, 4.69) is 15.6 Å². The smallest absolute Gasteiger partial charge is 0.257 e. The molecule has 0 fully saturated rings. The number of nitrogens with zero attached hydrogens (tertiary/aromatic N) is 1. The standard InChI is InChI=1S/C23H25N3O3S/c1-13-11-18(15(3)29-13)14(2)25-22(28)20-17-8-4-5-9-19(17)30-23(20)26-21(27)16-7-6-10-24-12-16/h6-7,10-12,14H,4-5,8-9H2,1-3H3,(H,25,28)(H,26,27). The maximum atomic E-state index is 13.3. The van der Waals surface area contributed by atoms with E-state index in [9.17, 15) is 9.59 Å². The van der Waals surface area contributed by atoms with Crippen LogP contribution in [0.4, 0.5) is 5.00 Å². The van der Waals surface area contributed by atoms with Crippen LogP contribution in [0, 0.1) is 13.8 Å². The summed E-state index contributed by atoms with van der Waals surface area (Å²) in [6, 6.07) is 5.19. The lowest BCUT2D eigenvalue weighted by Gasteiger charge is -2.16. The zero-order chi connectivity index (χ0) is 21.3. The lowest BCUT2D eigenvalue weighted by molar-refractivity contribution is 0.0940. The van der Waals surface area contributed by atoms with Gasteiger partial charge in [0.2, 0.25) is 0 Å². The van der Waals surface area contributed by atoms with Crippen LogP contribution < -0.4 is 10.6 Å². The van der Waals surface area contributed by atoms with Gasteiger partial charge >= 0.3 is 0 Å². The van der Waals surface area contributed by atoms with Gasteiger partial charge in [0.1, 0.15) is 16.5 Å². The Morgan fingerprint density at radius 1 is 1.20 bits per heavy atom. The number of aromatic nitrogens is 1. The van der Waals surface area contributed by atoms with Gasteiger partial charge in [-0.2, -0.15) is 0 Å². The number of thiophene rings is 1. The van der Waals surface area contributed by atoms with Gasteiger partial charge in [-0.15, -0.1) is 11.3 Å². The van der Waals surface area contributed by atoms with Crippen LogP contribution in [0.1, 0.15) is 74.0 Å². The van der Waals surface area contributed by atoms with E-state index in [1.165, 1.54) is 22.4 Å². The van der Waals surface area contributed by atoms with E-state index in [1.54, 1.807) is 18.3 Å². The van der Waals surface area contributed by atoms with Gasteiger partial charge in [0, 0.05) is 22.8 Å². The molecular weight excluding hydrogens is 398 g/mol. The van der Waals surface area contributed by atoms with Crippen molar-refractivity contribution in [3.05, 3.63) is 69.2 Å². The molecule has 0 saturated heterocycles. The molecule has 0 spiro atoms. The van der Waals surface area contributed by atoms with Crippen LogP contribution in [-0.2, 0) is 12.8 Å². The van der Waals surface area contributed by atoms with Crippen molar-refractivity contribution in [2.45, 2.75) is 52.5 Å². The normalized spacial score (nSPS) is 14.1. The molecule has 0 radical (unpaired) electrons. The van der Waals surface area contributed by atoms with E-state index >= 15 is 0 Å². The first-order valence-corrected chi connectivity index (χ1v) is 11.0. The summed E-state index contributed by atoms with van der Waals surface area (Å²) in [4.78, 5) is 31.2. The van der Waals surface area contributed by atoms with Gasteiger partial charge in [-0.3, -0.25) is 14.6 Å². The molecule has 0 bridgehead atoms. The van der Waals surface area contributed by atoms with Gasteiger partial charge in [-0.05, 0) is 70.2 Å². The van der Waals surface area contributed by atoms with E-state index in [0.717, 1.165) is 48.3 Å². The number of aryl methyl sites for hydroxylation is 3. The summed E-state index contributed by atoms with van der Waals surface area (Å²) in [5.74, 6) is 1.20. The minimum Gasteiger partial charge on any atom is -0.466 e. The van der Waals surface area contributed by atoms with Crippen LogP contribution in [0.15, 0.2) is 35.0 Å². The van der Waals surface area contributed by atoms with E-state index in [1.807, 2.05) is 26.8 Å². The first-order chi connectivity index (χ1) is 14.4. The van der Waals surface area contributed by atoms with Crippen molar-refractivity contribution in [2.24, 2.45) is 0 Å². The number of carbonyl (C=O) groups is 2. The molecule has 3 aromatic heterocycles. The van der Waals surface area contributed by atoms with Crippen LogP contribution in [0.25, 0.3) is 0 Å². The van der Waals surface area contributed by atoms with Gasteiger partial charge in [0.15, 0.2) is 0 Å². The molecule has 0 aromatic carbocycles. The number of amides is 2. The van der Waals surface area contributed by atoms with Crippen molar-refractivity contribution >= 4 is 28.2 Å².